The number of benzene rings is 2. The topological polar surface area (TPSA) is 89.5 Å². The van der Waals surface area contributed by atoms with Crippen molar-refractivity contribution in [2.75, 3.05) is 12.4 Å². The highest BCUT2D eigenvalue weighted by atomic mass is 32.2. The van der Waals surface area contributed by atoms with E-state index in [4.69, 9.17) is 4.74 Å². The molecular formula is C21H17NO5S2. The predicted molar refractivity (Wildman–Crippen MR) is 109 cm³/mol. The lowest BCUT2D eigenvalue weighted by Gasteiger charge is -2.24. The van der Waals surface area contributed by atoms with Gasteiger partial charge in [-0.15, -0.1) is 11.3 Å². The molecule has 0 fully saturated rings. The molecule has 1 N–H and O–H groups in total. The van der Waals surface area contributed by atoms with E-state index in [9.17, 15) is 18.0 Å². The molecule has 1 amide bonds. The Morgan fingerprint density at radius 3 is 2.45 bits per heavy atom. The lowest BCUT2D eigenvalue weighted by Crippen LogP contribution is -2.23. The van der Waals surface area contributed by atoms with Gasteiger partial charge in [0.25, 0.3) is 0 Å². The zero-order valence-corrected chi connectivity index (χ0v) is 17.0. The minimum absolute atomic E-state index is 0.105. The Kier molecular flexibility index (Phi) is 4.97. The summed E-state index contributed by atoms with van der Waals surface area (Å²) < 4.78 is 30.9. The fourth-order valence-electron chi connectivity index (χ4n) is 3.37. The molecule has 2 heterocycles. The minimum Gasteiger partial charge on any atom is -0.465 e. The highest BCUT2D eigenvalue weighted by Crippen LogP contribution is 2.45. The number of nitrogens with one attached hydrogen (secondary N) is 1. The molecule has 0 aliphatic carbocycles. The van der Waals surface area contributed by atoms with Crippen LogP contribution < -0.4 is 5.32 Å². The number of carbonyl (C=O) groups is 2. The normalized spacial score (nSPS) is 16.0. The summed E-state index contributed by atoms with van der Waals surface area (Å²) in [6.45, 7) is 0. The standard InChI is InChI=1S/C21H17NO5S2/c1-27-21(24)14-9-7-13(8-10-14)16-11-18(23)22-19-17(12-28-20(16)19)29(25,26)15-5-3-2-4-6-15/h2-10,12,16H,11H2,1H3,(H,22,23)/t16-/m1/s1. The van der Waals surface area contributed by atoms with Crippen LogP contribution in [0.15, 0.2) is 69.8 Å². The number of ether oxygens (including phenoxy) is 1. The molecule has 1 aliphatic heterocycles. The van der Waals surface area contributed by atoms with E-state index in [0.717, 1.165) is 10.4 Å². The maximum atomic E-state index is 13.1. The summed E-state index contributed by atoms with van der Waals surface area (Å²) in [5.74, 6) is -0.969. The van der Waals surface area contributed by atoms with Gasteiger partial charge in [-0.1, -0.05) is 30.3 Å². The Labute approximate surface area is 172 Å². The first-order valence-corrected chi connectivity index (χ1v) is 11.2. The summed E-state index contributed by atoms with van der Waals surface area (Å²) in [5.41, 5.74) is 1.59. The number of sulfone groups is 1. The second-order valence-electron chi connectivity index (χ2n) is 6.57. The molecule has 4 rings (SSSR count). The van der Waals surface area contributed by atoms with E-state index in [1.165, 1.54) is 30.6 Å². The third-order valence-corrected chi connectivity index (χ3v) is 7.87. The SMILES string of the molecule is COC(=O)c1ccc([C@H]2CC(=O)Nc3c(S(=O)(=O)c4ccccc4)csc32)cc1. The molecule has 1 atom stereocenters. The molecule has 6 nitrogen and oxygen atoms in total. The summed E-state index contributed by atoms with van der Waals surface area (Å²) in [7, 11) is -2.44. The lowest BCUT2D eigenvalue weighted by atomic mass is 9.90. The van der Waals surface area contributed by atoms with Gasteiger partial charge in [0.15, 0.2) is 0 Å². The van der Waals surface area contributed by atoms with Crippen LogP contribution >= 0.6 is 11.3 Å². The van der Waals surface area contributed by atoms with Crippen LogP contribution in [-0.4, -0.2) is 27.4 Å². The number of rotatable bonds is 4. The van der Waals surface area contributed by atoms with E-state index < -0.39 is 15.8 Å². The summed E-state index contributed by atoms with van der Waals surface area (Å²) in [6.07, 6.45) is 0.204. The van der Waals surface area contributed by atoms with Crippen molar-refractivity contribution in [1.82, 2.24) is 0 Å². The number of esters is 1. The highest BCUT2D eigenvalue weighted by Gasteiger charge is 2.34. The van der Waals surface area contributed by atoms with E-state index in [-0.39, 0.29) is 28.0 Å². The summed E-state index contributed by atoms with van der Waals surface area (Å²) >= 11 is 1.31. The number of hydrogen-bond donors (Lipinski definition) is 1. The molecule has 0 radical (unpaired) electrons. The molecule has 3 aromatic rings. The van der Waals surface area contributed by atoms with Gasteiger partial charge in [-0.3, -0.25) is 4.79 Å². The van der Waals surface area contributed by atoms with Crippen LogP contribution in [0.1, 0.15) is 33.1 Å². The van der Waals surface area contributed by atoms with E-state index in [1.54, 1.807) is 47.8 Å². The van der Waals surface area contributed by atoms with E-state index >= 15 is 0 Å². The molecule has 0 saturated heterocycles. The van der Waals surface area contributed by atoms with Crippen molar-refractivity contribution in [1.29, 1.82) is 0 Å². The fourth-order valence-corrected chi connectivity index (χ4v) is 6.30. The average Bonchev–Trinajstić information content (AvgIpc) is 3.18. The maximum absolute atomic E-state index is 13.1. The molecule has 0 bridgehead atoms. The number of anilines is 1. The van der Waals surface area contributed by atoms with Gasteiger partial charge in [0.1, 0.15) is 4.90 Å². The Morgan fingerprint density at radius 2 is 1.79 bits per heavy atom. The first kappa shape index (κ1) is 19.4. The van der Waals surface area contributed by atoms with Crippen LogP contribution in [0, 0.1) is 0 Å². The van der Waals surface area contributed by atoms with Crippen LogP contribution in [0.2, 0.25) is 0 Å². The highest BCUT2D eigenvalue weighted by molar-refractivity contribution is 7.91. The minimum atomic E-state index is -3.75. The summed E-state index contributed by atoms with van der Waals surface area (Å²) in [6, 6.07) is 15.0. The number of methoxy groups -OCH3 is 1. The smallest absolute Gasteiger partial charge is 0.337 e. The van der Waals surface area contributed by atoms with E-state index in [1.807, 2.05) is 0 Å². The Morgan fingerprint density at radius 1 is 1.10 bits per heavy atom. The fraction of sp³-hybridized carbons (Fsp3) is 0.143. The van der Waals surface area contributed by atoms with Gasteiger partial charge in [-0.05, 0) is 29.8 Å². The summed E-state index contributed by atoms with van der Waals surface area (Å²) in [5, 5.41) is 4.32. The van der Waals surface area contributed by atoms with Crippen molar-refractivity contribution in [2.24, 2.45) is 0 Å². The van der Waals surface area contributed by atoms with Gasteiger partial charge in [0, 0.05) is 22.6 Å². The first-order chi connectivity index (χ1) is 13.9. The average molecular weight is 428 g/mol. The molecule has 1 aromatic heterocycles. The second kappa shape index (κ2) is 7.46. The van der Waals surface area contributed by atoms with E-state index in [0.29, 0.717) is 11.3 Å². The zero-order chi connectivity index (χ0) is 20.6. The van der Waals surface area contributed by atoms with Crippen LogP contribution in [0.25, 0.3) is 0 Å². The lowest BCUT2D eigenvalue weighted by molar-refractivity contribution is -0.116. The van der Waals surface area contributed by atoms with Gasteiger partial charge in [0.05, 0.1) is 23.3 Å². The van der Waals surface area contributed by atoms with Crippen LogP contribution in [-0.2, 0) is 19.4 Å². The number of thiophene rings is 1. The number of hydrogen-bond acceptors (Lipinski definition) is 6. The first-order valence-electron chi connectivity index (χ1n) is 8.81. The van der Waals surface area contributed by atoms with Gasteiger partial charge >= 0.3 is 5.97 Å². The molecule has 29 heavy (non-hydrogen) atoms. The van der Waals surface area contributed by atoms with Crippen molar-refractivity contribution in [2.45, 2.75) is 22.1 Å². The third-order valence-electron chi connectivity index (χ3n) is 4.83. The third kappa shape index (κ3) is 3.45. The number of carbonyl (C=O) groups excluding carboxylic acids is 2. The number of fused-ring (bicyclic) bond motifs is 1. The van der Waals surface area contributed by atoms with Crippen molar-refractivity contribution in [3.05, 3.63) is 76.0 Å². The molecule has 0 spiro atoms. The molecular weight excluding hydrogens is 410 g/mol. The van der Waals surface area contributed by atoms with Crippen molar-refractivity contribution >= 4 is 38.7 Å². The Bertz CT molecular complexity index is 1180. The molecule has 0 unspecified atom stereocenters. The molecule has 1 aliphatic rings. The van der Waals surface area contributed by atoms with Crippen LogP contribution in [0.4, 0.5) is 5.69 Å². The van der Waals surface area contributed by atoms with Crippen LogP contribution in [0.5, 0.6) is 0 Å². The zero-order valence-electron chi connectivity index (χ0n) is 15.4. The largest absolute Gasteiger partial charge is 0.465 e. The molecule has 0 saturated carbocycles. The second-order valence-corrected chi connectivity index (χ2v) is 9.40. The maximum Gasteiger partial charge on any atom is 0.337 e. The van der Waals surface area contributed by atoms with Gasteiger partial charge < -0.3 is 10.1 Å². The van der Waals surface area contributed by atoms with Crippen molar-refractivity contribution < 1.29 is 22.7 Å². The van der Waals surface area contributed by atoms with Gasteiger partial charge in [-0.2, -0.15) is 0 Å². The monoisotopic (exact) mass is 427 g/mol. The summed E-state index contributed by atoms with van der Waals surface area (Å²) in [4.78, 5) is 25.1. The van der Waals surface area contributed by atoms with Gasteiger partial charge in [0.2, 0.25) is 15.7 Å². The predicted octanol–water partition coefficient (Wildman–Crippen LogP) is 3.84. The number of amides is 1. The molecule has 148 valence electrons. The van der Waals surface area contributed by atoms with E-state index in [2.05, 4.69) is 5.32 Å². The Balaban J connectivity index is 1.76. The van der Waals surface area contributed by atoms with Crippen LogP contribution in [0.3, 0.4) is 0 Å². The molecule has 2 aromatic carbocycles. The quantitative estimate of drug-likeness (QED) is 0.639. The van der Waals surface area contributed by atoms with Crippen molar-refractivity contribution in [3.63, 3.8) is 0 Å². The molecule has 8 heteroatoms. The Hall–Kier alpha value is -2.97. The van der Waals surface area contributed by atoms with Crippen molar-refractivity contribution in [3.8, 4) is 0 Å². The van der Waals surface area contributed by atoms with Gasteiger partial charge in [-0.25, -0.2) is 13.2 Å².